The summed E-state index contributed by atoms with van der Waals surface area (Å²) in [5.41, 5.74) is -3.76. The maximum absolute atomic E-state index is 13.4. The van der Waals surface area contributed by atoms with Gasteiger partial charge in [0.05, 0.1) is 11.1 Å². The summed E-state index contributed by atoms with van der Waals surface area (Å²) in [5, 5.41) is 23.1. The fourth-order valence-corrected chi connectivity index (χ4v) is 7.45. The number of halogens is 2. The Morgan fingerprint density at radius 1 is 0.603 bits per heavy atom. The number of fused-ring (bicyclic) bond motifs is 2. The maximum Gasteiger partial charge on any atom is 0.356 e. The van der Waals surface area contributed by atoms with Crippen molar-refractivity contribution in [2.75, 3.05) is 13.1 Å². The first-order valence-corrected chi connectivity index (χ1v) is 19.5. The molecule has 14 nitrogen and oxygen atoms in total. The van der Waals surface area contributed by atoms with E-state index in [0.717, 1.165) is 8.95 Å². The first-order valence-electron chi connectivity index (χ1n) is 18.0. The second-order valence-electron chi connectivity index (χ2n) is 15.6. The van der Waals surface area contributed by atoms with Crippen LogP contribution in [0.1, 0.15) is 96.3 Å². The van der Waals surface area contributed by atoms with Crippen LogP contribution in [0.4, 0.5) is 0 Å². The molecule has 0 N–H and O–H groups in total. The summed E-state index contributed by atoms with van der Waals surface area (Å²) < 4.78 is 24.0. The number of benzene rings is 4. The van der Waals surface area contributed by atoms with Gasteiger partial charge in [-0.1, -0.05) is 92.5 Å². The second kappa shape index (κ2) is 16.8. The smallest absolute Gasteiger partial charge is 0.356 e. The van der Waals surface area contributed by atoms with E-state index >= 15 is 0 Å². The zero-order valence-electron chi connectivity index (χ0n) is 32.4. The van der Waals surface area contributed by atoms with Crippen LogP contribution in [-0.2, 0) is 39.7 Å². The van der Waals surface area contributed by atoms with Crippen LogP contribution in [-0.4, -0.2) is 58.0 Å². The lowest BCUT2D eigenvalue weighted by atomic mass is 9.76. The highest BCUT2D eigenvalue weighted by Gasteiger charge is 2.62. The number of nitrogens with zero attached hydrogens (tertiary/aromatic N) is 2. The van der Waals surface area contributed by atoms with Crippen LogP contribution in [0, 0.1) is 20.2 Å². The highest BCUT2D eigenvalue weighted by Crippen LogP contribution is 2.50. The highest BCUT2D eigenvalue weighted by atomic mass is 79.9. The Morgan fingerprint density at radius 3 is 1.21 bits per heavy atom. The average molecular weight is 925 g/mol. The van der Waals surface area contributed by atoms with Gasteiger partial charge in [-0.2, -0.15) is 0 Å². The molecule has 4 atom stereocenters. The van der Waals surface area contributed by atoms with Crippen molar-refractivity contribution in [1.82, 2.24) is 0 Å². The third-order valence-electron chi connectivity index (χ3n) is 9.20. The topological polar surface area (TPSA) is 191 Å². The number of nitro groups is 2. The third-order valence-corrected chi connectivity index (χ3v) is 10.3. The second-order valence-corrected chi connectivity index (χ2v) is 17.4. The summed E-state index contributed by atoms with van der Waals surface area (Å²) in [5.74, 6) is -5.24. The molecule has 6 rings (SSSR count). The molecule has 0 amide bonds. The molecule has 0 saturated heterocycles. The Labute approximate surface area is 350 Å². The van der Waals surface area contributed by atoms with Crippen LogP contribution in [0.5, 0.6) is 0 Å². The first kappa shape index (κ1) is 43.6. The number of cyclic esters (lactones) is 2. The summed E-state index contributed by atoms with van der Waals surface area (Å²) in [6, 6.07) is 26.4. The van der Waals surface area contributed by atoms with Crippen molar-refractivity contribution in [2.24, 2.45) is 0 Å². The van der Waals surface area contributed by atoms with Gasteiger partial charge in [-0.25, -0.2) is 19.2 Å². The normalized spacial score (nSPS) is 19.2. The molecule has 58 heavy (non-hydrogen) atoms. The zero-order chi connectivity index (χ0) is 42.8. The van der Waals surface area contributed by atoms with E-state index in [2.05, 4.69) is 31.9 Å². The van der Waals surface area contributed by atoms with Crippen LogP contribution in [0.2, 0.25) is 0 Å². The van der Waals surface area contributed by atoms with Gasteiger partial charge in [-0.3, -0.25) is 20.2 Å². The summed E-state index contributed by atoms with van der Waals surface area (Å²) in [6.45, 7) is 8.86. The standard InChI is InChI=1S/2C21H20BrNO6/c2*1-20(2,3)29-19(25)21(16-7-5-4-6-15(16)18(24)28-21)17(12-23(26)27)13-8-10-14(22)11-9-13/h2*4-11,17H,12H2,1-3H3/t2*17-,21+/m00/s1. The lowest BCUT2D eigenvalue weighted by molar-refractivity contribution is -0.487. The number of hydrogen-bond acceptors (Lipinski definition) is 12. The van der Waals surface area contributed by atoms with E-state index in [1.165, 1.54) is 12.1 Å². The van der Waals surface area contributed by atoms with Gasteiger partial charge >= 0.3 is 23.9 Å². The number of carbonyl (C=O) groups excluding carboxylic acids is 4. The molecule has 16 heteroatoms. The molecule has 2 heterocycles. The lowest BCUT2D eigenvalue weighted by Gasteiger charge is -2.35. The molecule has 0 fully saturated rings. The molecular formula is C42H40Br2N2O12. The number of esters is 4. The molecular weight excluding hydrogens is 884 g/mol. The Morgan fingerprint density at radius 2 is 0.914 bits per heavy atom. The summed E-state index contributed by atoms with van der Waals surface area (Å²) >= 11 is 6.67. The third kappa shape index (κ3) is 9.12. The summed E-state index contributed by atoms with van der Waals surface area (Å²) in [6.07, 6.45) is 0. The Kier molecular flexibility index (Phi) is 12.6. The molecule has 0 aliphatic carbocycles. The van der Waals surface area contributed by atoms with Crippen molar-refractivity contribution in [2.45, 2.75) is 75.8 Å². The number of ether oxygens (including phenoxy) is 4. The van der Waals surface area contributed by atoms with E-state index in [0.29, 0.717) is 11.1 Å². The van der Waals surface area contributed by atoms with Crippen molar-refractivity contribution in [3.05, 3.63) is 160 Å². The van der Waals surface area contributed by atoms with Gasteiger partial charge in [-0.05, 0) is 89.1 Å². The van der Waals surface area contributed by atoms with E-state index in [4.69, 9.17) is 18.9 Å². The molecule has 304 valence electrons. The van der Waals surface area contributed by atoms with Gasteiger partial charge in [0.15, 0.2) is 0 Å². The lowest BCUT2D eigenvalue weighted by Crippen LogP contribution is -2.48. The average Bonchev–Trinajstić information content (AvgIpc) is 3.61. The predicted octanol–water partition coefficient (Wildman–Crippen LogP) is 8.43. The van der Waals surface area contributed by atoms with Crippen LogP contribution in [0.15, 0.2) is 106 Å². The quantitative estimate of drug-likeness (QED) is 0.0639. The van der Waals surface area contributed by atoms with Crippen molar-refractivity contribution >= 4 is 55.7 Å². The molecule has 2 aliphatic rings. The van der Waals surface area contributed by atoms with E-state index < -0.39 is 81.1 Å². The zero-order valence-corrected chi connectivity index (χ0v) is 35.5. The van der Waals surface area contributed by atoms with Crippen molar-refractivity contribution < 1.29 is 48.0 Å². The maximum atomic E-state index is 13.4. The van der Waals surface area contributed by atoms with Crippen molar-refractivity contribution in [3.8, 4) is 0 Å². The minimum atomic E-state index is -1.96. The van der Waals surface area contributed by atoms with Crippen LogP contribution in [0.25, 0.3) is 0 Å². The monoisotopic (exact) mass is 922 g/mol. The summed E-state index contributed by atoms with van der Waals surface area (Å²) in [7, 11) is 0. The molecule has 0 saturated carbocycles. The Bertz CT molecular complexity index is 2090. The number of rotatable bonds is 10. The first-order chi connectivity index (χ1) is 27.1. The predicted molar refractivity (Wildman–Crippen MR) is 216 cm³/mol. The van der Waals surface area contributed by atoms with Crippen LogP contribution < -0.4 is 0 Å². The molecule has 0 spiro atoms. The number of carbonyl (C=O) groups is 4. The minimum Gasteiger partial charge on any atom is -0.457 e. The van der Waals surface area contributed by atoms with Crippen molar-refractivity contribution in [3.63, 3.8) is 0 Å². The molecule has 0 bridgehead atoms. The minimum absolute atomic E-state index is 0.198. The Balaban J connectivity index is 0.000000221. The van der Waals surface area contributed by atoms with E-state index in [1.807, 2.05) is 0 Å². The van der Waals surface area contributed by atoms with Gasteiger partial charge in [0.25, 0.3) is 0 Å². The van der Waals surface area contributed by atoms with Gasteiger partial charge in [0.2, 0.25) is 24.3 Å². The van der Waals surface area contributed by atoms with E-state index in [-0.39, 0.29) is 22.3 Å². The van der Waals surface area contributed by atoms with Crippen LogP contribution in [0.3, 0.4) is 0 Å². The highest BCUT2D eigenvalue weighted by molar-refractivity contribution is 9.10. The molecule has 0 unspecified atom stereocenters. The fourth-order valence-electron chi connectivity index (χ4n) is 6.92. The molecule has 0 radical (unpaired) electrons. The van der Waals surface area contributed by atoms with E-state index in [1.54, 1.807) is 126 Å². The summed E-state index contributed by atoms with van der Waals surface area (Å²) in [4.78, 5) is 74.2. The van der Waals surface area contributed by atoms with E-state index in [9.17, 15) is 39.4 Å². The SMILES string of the molecule is CC(C)(C)OC(=O)[C@@]1([C@@H](C[N+](=O)[O-])c2ccc(Br)cc2)OC(=O)c2ccccc21.CC(C)(C)OC(=O)[C@@]1([C@@H](C[N+](=O)[O-])c2ccc(Br)cc2)OC(=O)c2ccccc21. The van der Waals surface area contributed by atoms with Crippen molar-refractivity contribution in [1.29, 1.82) is 0 Å². The fraction of sp³-hybridized carbons (Fsp3) is 0.333. The number of hydrogen-bond donors (Lipinski definition) is 0. The van der Waals surface area contributed by atoms with Gasteiger partial charge < -0.3 is 18.9 Å². The molecule has 0 aromatic heterocycles. The van der Waals surface area contributed by atoms with Gasteiger partial charge in [0, 0.05) is 29.9 Å². The van der Waals surface area contributed by atoms with Gasteiger partial charge in [0.1, 0.15) is 23.0 Å². The molecule has 4 aromatic rings. The van der Waals surface area contributed by atoms with Crippen LogP contribution >= 0.6 is 31.9 Å². The Hall–Kier alpha value is -5.48. The van der Waals surface area contributed by atoms with Gasteiger partial charge in [-0.15, -0.1) is 0 Å². The molecule has 2 aliphatic heterocycles. The molecule has 4 aromatic carbocycles. The largest absolute Gasteiger partial charge is 0.457 e.